The zero-order valence-electron chi connectivity index (χ0n) is 15.0. The average Bonchev–Trinajstić information content (AvgIpc) is 2.58. The third-order valence-corrected chi connectivity index (χ3v) is 4.13. The number of nitrogens with zero attached hydrogens (tertiary/aromatic N) is 1. The molecule has 1 atom stereocenters. The Balaban J connectivity index is 2.05. The van der Waals surface area contributed by atoms with Gasteiger partial charge in [-0.2, -0.15) is 8.78 Å². The summed E-state index contributed by atoms with van der Waals surface area (Å²) in [5.41, 5.74) is 5.41. The molecule has 2 rings (SSSR count). The molecule has 1 saturated heterocycles. The van der Waals surface area contributed by atoms with Crippen molar-refractivity contribution in [2.75, 3.05) is 19.6 Å². The van der Waals surface area contributed by atoms with Crippen molar-refractivity contribution < 1.29 is 23.1 Å². The van der Waals surface area contributed by atoms with Crippen molar-refractivity contribution in [1.29, 1.82) is 0 Å². The normalized spacial score (nSPS) is 17.9. The van der Waals surface area contributed by atoms with E-state index in [1.807, 2.05) is 13.8 Å². The molecule has 2 amide bonds. The molecule has 0 aromatic heterocycles. The molecular weight excluding hydrogens is 344 g/mol. The van der Waals surface area contributed by atoms with Gasteiger partial charge in [0.1, 0.15) is 5.75 Å². The van der Waals surface area contributed by atoms with Crippen molar-refractivity contribution in [2.45, 2.75) is 38.8 Å². The van der Waals surface area contributed by atoms with Crippen molar-refractivity contribution in [3.05, 3.63) is 29.8 Å². The van der Waals surface area contributed by atoms with Gasteiger partial charge >= 0.3 is 6.61 Å². The lowest BCUT2D eigenvalue weighted by atomic mass is 9.96. The number of nitrogens with one attached hydrogen (secondary N) is 1. The third kappa shape index (κ3) is 5.66. The first kappa shape index (κ1) is 20.1. The number of benzene rings is 1. The van der Waals surface area contributed by atoms with Crippen molar-refractivity contribution in [1.82, 2.24) is 10.2 Å². The van der Waals surface area contributed by atoms with Crippen LogP contribution in [0.1, 0.15) is 37.0 Å². The second-order valence-electron chi connectivity index (χ2n) is 7.17. The van der Waals surface area contributed by atoms with Gasteiger partial charge in [0.25, 0.3) is 5.91 Å². The second-order valence-corrected chi connectivity index (χ2v) is 7.17. The molecule has 3 N–H and O–H groups in total. The van der Waals surface area contributed by atoms with Gasteiger partial charge in [0.05, 0.1) is 11.5 Å². The zero-order chi connectivity index (χ0) is 19.3. The summed E-state index contributed by atoms with van der Waals surface area (Å²) in [6.45, 7) is 1.64. The fourth-order valence-electron chi connectivity index (χ4n) is 2.85. The number of halogens is 2. The molecule has 0 aliphatic carbocycles. The van der Waals surface area contributed by atoms with Crippen LogP contribution in [-0.4, -0.2) is 48.5 Å². The summed E-state index contributed by atoms with van der Waals surface area (Å²) in [5, 5.41) is 2.80. The van der Waals surface area contributed by atoms with Crippen molar-refractivity contribution >= 4 is 11.8 Å². The van der Waals surface area contributed by atoms with E-state index in [1.165, 1.54) is 23.1 Å². The average molecular weight is 369 g/mol. The molecule has 1 aromatic carbocycles. The van der Waals surface area contributed by atoms with Crippen molar-refractivity contribution in [2.24, 2.45) is 11.7 Å². The van der Waals surface area contributed by atoms with Crippen LogP contribution in [0.3, 0.4) is 0 Å². The largest absolute Gasteiger partial charge is 0.434 e. The number of carbonyl (C=O) groups is 2. The lowest BCUT2D eigenvalue weighted by molar-refractivity contribution is -0.126. The molecule has 1 aliphatic heterocycles. The summed E-state index contributed by atoms with van der Waals surface area (Å²) in [4.78, 5) is 26.6. The first-order chi connectivity index (χ1) is 12.2. The van der Waals surface area contributed by atoms with Crippen LogP contribution < -0.4 is 15.8 Å². The molecule has 1 heterocycles. The van der Waals surface area contributed by atoms with Gasteiger partial charge in [-0.25, -0.2) is 0 Å². The molecule has 26 heavy (non-hydrogen) atoms. The zero-order valence-corrected chi connectivity index (χ0v) is 15.0. The fourth-order valence-corrected chi connectivity index (χ4v) is 2.85. The summed E-state index contributed by atoms with van der Waals surface area (Å²) in [6, 6.07) is 5.89. The SMILES string of the molecule is CC(C)(N)CNC(=O)C1CCCN(C(=O)c2ccccc2OC(F)F)C1. The molecular formula is C18H25F2N3O3. The molecule has 0 spiro atoms. The van der Waals surface area contributed by atoms with E-state index in [0.29, 0.717) is 25.9 Å². The van der Waals surface area contributed by atoms with Crippen LogP contribution in [0.25, 0.3) is 0 Å². The lowest BCUT2D eigenvalue weighted by Gasteiger charge is -2.33. The standard InChI is InChI=1S/C18H25F2N3O3/c1-18(2,21)11-22-15(24)12-6-5-9-23(10-12)16(25)13-7-3-4-8-14(13)26-17(19)20/h3-4,7-8,12,17H,5-6,9-11,21H2,1-2H3,(H,22,24). The van der Waals surface area contributed by atoms with Crippen LogP contribution in [0, 0.1) is 5.92 Å². The Bertz CT molecular complexity index is 647. The Labute approximate surface area is 151 Å². The molecule has 6 nitrogen and oxygen atoms in total. The summed E-state index contributed by atoms with van der Waals surface area (Å²) >= 11 is 0. The summed E-state index contributed by atoms with van der Waals surface area (Å²) in [5.74, 6) is -1.08. The first-order valence-electron chi connectivity index (χ1n) is 8.57. The van der Waals surface area contributed by atoms with Gasteiger partial charge in [-0.1, -0.05) is 12.1 Å². The molecule has 144 valence electrons. The maximum Gasteiger partial charge on any atom is 0.387 e. The van der Waals surface area contributed by atoms with Crippen LogP contribution in [0.15, 0.2) is 24.3 Å². The Morgan fingerprint density at radius 3 is 2.73 bits per heavy atom. The maximum absolute atomic E-state index is 12.7. The number of alkyl halides is 2. The number of rotatable bonds is 6. The summed E-state index contributed by atoms with van der Waals surface area (Å²) in [6.07, 6.45) is 1.32. The Hall–Kier alpha value is -2.22. The smallest absolute Gasteiger partial charge is 0.387 e. The number of likely N-dealkylation sites (tertiary alicyclic amines) is 1. The van der Waals surface area contributed by atoms with Crippen molar-refractivity contribution in [3.63, 3.8) is 0 Å². The van der Waals surface area contributed by atoms with Crippen LogP contribution in [-0.2, 0) is 4.79 Å². The van der Waals surface area contributed by atoms with E-state index in [1.54, 1.807) is 6.07 Å². The van der Waals surface area contributed by atoms with Crippen molar-refractivity contribution in [3.8, 4) is 5.75 Å². The highest BCUT2D eigenvalue weighted by Gasteiger charge is 2.30. The molecule has 8 heteroatoms. The van der Waals surface area contributed by atoms with Gasteiger partial charge in [-0.15, -0.1) is 0 Å². The van der Waals surface area contributed by atoms with E-state index in [-0.39, 0.29) is 29.7 Å². The summed E-state index contributed by atoms with van der Waals surface area (Å²) in [7, 11) is 0. The Morgan fingerprint density at radius 1 is 1.38 bits per heavy atom. The number of hydrogen-bond acceptors (Lipinski definition) is 4. The number of para-hydroxylation sites is 1. The molecule has 1 unspecified atom stereocenters. The van der Waals surface area contributed by atoms with Gasteiger partial charge in [-0.05, 0) is 38.8 Å². The second kappa shape index (κ2) is 8.44. The summed E-state index contributed by atoms with van der Waals surface area (Å²) < 4.78 is 29.5. The minimum atomic E-state index is -3.01. The molecule has 0 saturated carbocycles. The molecule has 1 aliphatic rings. The number of carbonyl (C=O) groups excluding carboxylic acids is 2. The van der Waals surface area contributed by atoms with Crippen LogP contribution >= 0.6 is 0 Å². The van der Waals surface area contributed by atoms with Crippen LogP contribution in [0.4, 0.5) is 8.78 Å². The maximum atomic E-state index is 12.7. The Kier molecular flexibility index (Phi) is 6.52. The van der Waals surface area contributed by atoms with E-state index < -0.39 is 18.1 Å². The third-order valence-electron chi connectivity index (χ3n) is 4.13. The van der Waals surface area contributed by atoms with E-state index in [0.717, 1.165) is 0 Å². The minimum absolute atomic E-state index is 0.0666. The number of ether oxygens (including phenoxy) is 1. The predicted octanol–water partition coefficient (Wildman–Crippen LogP) is 1.99. The van der Waals surface area contributed by atoms with Gasteiger partial charge < -0.3 is 20.7 Å². The lowest BCUT2D eigenvalue weighted by Crippen LogP contribution is -2.50. The van der Waals surface area contributed by atoms with Crippen LogP contribution in [0.5, 0.6) is 5.75 Å². The highest BCUT2D eigenvalue weighted by molar-refractivity contribution is 5.97. The van der Waals surface area contributed by atoms with E-state index >= 15 is 0 Å². The first-order valence-corrected chi connectivity index (χ1v) is 8.57. The number of amides is 2. The fraction of sp³-hybridized carbons (Fsp3) is 0.556. The number of hydrogen-bond donors (Lipinski definition) is 2. The van der Waals surface area contributed by atoms with Gasteiger partial charge in [0.2, 0.25) is 5.91 Å². The number of piperidine rings is 1. The molecule has 0 radical (unpaired) electrons. The van der Waals surface area contributed by atoms with E-state index in [9.17, 15) is 18.4 Å². The quantitative estimate of drug-likeness (QED) is 0.803. The van der Waals surface area contributed by atoms with Crippen LogP contribution in [0.2, 0.25) is 0 Å². The number of nitrogens with two attached hydrogens (primary N) is 1. The predicted molar refractivity (Wildman–Crippen MR) is 93.0 cm³/mol. The van der Waals surface area contributed by atoms with Gasteiger partial charge in [0.15, 0.2) is 0 Å². The highest BCUT2D eigenvalue weighted by Crippen LogP contribution is 2.25. The van der Waals surface area contributed by atoms with E-state index in [2.05, 4.69) is 10.1 Å². The van der Waals surface area contributed by atoms with Gasteiger partial charge in [-0.3, -0.25) is 9.59 Å². The van der Waals surface area contributed by atoms with E-state index in [4.69, 9.17) is 5.73 Å². The molecule has 1 aromatic rings. The van der Waals surface area contributed by atoms with Gasteiger partial charge in [0, 0.05) is 25.2 Å². The Morgan fingerprint density at radius 2 is 2.08 bits per heavy atom. The minimum Gasteiger partial charge on any atom is -0.434 e. The monoisotopic (exact) mass is 369 g/mol. The molecule has 1 fully saturated rings. The molecule has 0 bridgehead atoms. The highest BCUT2D eigenvalue weighted by atomic mass is 19.3. The topological polar surface area (TPSA) is 84.7 Å².